The van der Waals surface area contributed by atoms with E-state index >= 15 is 0 Å². The smallest absolute Gasteiger partial charge is 0.161 e. The number of ether oxygens (including phenoxy) is 2. The Morgan fingerprint density at radius 1 is 1.14 bits per heavy atom. The summed E-state index contributed by atoms with van der Waals surface area (Å²) in [6.07, 6.45) is 3.33. The highest BCUT2D eigenvalue weighted by Gasteiger charge is 2.16. The maximum absolute atomic E-state index is 5.81. The van der Waals surface area contributed by atoms with Crippen molar-refractivity contribution in [2.24, 2.45) is 0 Å². The molecule has 118 valence electrons. The molecular formula is C17H27NO2S. The summed E-state index contributed by atoms with van der Waals surface area (Å²) in [4.78, 5) is 0. The maximum Gasteiger partial charge on any atom is 0.161 e. The molecule has 0 aliphatic carbocycles. The molecule has 1 aromatic carbocycles. The summed E-state index contributed by atoms with van der Waals surface area (Å²) >= 11 is 2.01. The Balaban J connectivity index is 2.08. The predicted molar refractivity (Wildman–Crippen MR) is 90.7 cm³/mol. The van der Waals surface area contributed by atoms with Gasteiger partial charge in [-0.1, -0.05) is 19.9 Å². The van der Waals surface area contributed by atoms with Gasteiger partial charge in [0.15, 0.2) is 11.5 Å². The van der Waals surface area contributed by atoms with Crippen LogP contribution >= 0.6 is 11.8 Å². The van der Waals surface area contributed by atoms with Gasteiger partial charge in [-0.15, -0.1) is 0 Å². The van der Waals surface area contributed by atoms with Crippen molar-refractivity contribution in [1.82, 2.24) is 5.32 Å². The zero-order valence-electron chi connectivity index (χ0n) is 13.2. The van der Waals surface area contributed by atoms with Crippen LogP contribution < -0.4 is 14.8 Å². The summed E-state index contributed by atoms with van der Waals surface area (Å²) in [5.41, 5.74) is 1.30. The lowest BCUT2D eigenvalue weighted by Crippen LogP contribution is -2.24. The zero-order chi connectivity index (χ0) is 14.9. The van der Waals surface area contributed by atoms with Crippen LogP contribution in [0.25, 0.3) is 0 Å². The normalized spacial score (nSPS) is 15.5. The fraction of sp³-hybridized carbons (Fsp3) is 0.647. The monoisotopic (exact) mass is 309 g/mol. The van der Waals surface area contributed by atoms with E-state index in [9.17, 15) is 0 Å². The van der Waals surface area contributed by atoms with Crippen molar-refractivity contribution in [3.05, 3.63) is 23.8 Å². The molecule has 1 unspecified atom stereocenters. The average Bonchev–Trinajstić information content (AvgIpc) is 2.75. The van der Waals surface area contributed by atoms with Crippen molar-refractivity contribution in [2.75, 3.05) is 31.3 Å². The summed E-state index contributed by atoms with van der Waals surface area (Å²) in [6.45, 7) is 6.97. The van der Waals surface area contributed by atoms with Crippen LogP contribution in [-0.2, 0) is 0 Å². The molecule has 3 nitrogen and oxygen atoms in total. The van der Waals surface area contributed by atoms with Crippen LogP contribution in [0.4, 0.5) is 0 Å². The number of nitrogens with one attached hydrogen (secondary N) is 1. The molecule has 1 N–H and O–H groups in total. The van der Waals surface area contributed by atoms with E-state index in [2.05, 4.69) is 37.4 Å². The van der Waals surface area contributed by atoms with Gasteiger partial charge in [-0.3, -0.25) is 0 Å². The number of fused-ring (bicyclic) bond motifs is 1. The van der Waals surface area contributed by atoms with Crippen LogP contribution in [0.15, 0.2) is 18.2 Å². The Morgan fingerprint density at radius 2 is 1.95 bits per heavy atom. The van der Waals surface area contributed by atoms with Crippen molar-refractivity contribution in [2.45, 2.75) is 39.2 Å². The molecule has 1 aliphatic heterocycles. The maximum atomic E-state index is 5.81. The van der Waals surface area contributed by atoms with Crippen molar-refractivity contribution >= 4 is 11.8 Å². The van der Waals surface area contributed by atoms with Crippen molar-refractivity contribution in [3.63, 3.8) is 0 Å². The summed E-state index contributed by atoms with van der Waals surface area (Å²) in [5, 5.41) is 3.65. The van der Waals surface area contributed by atoms with Crippen molar-refractivity contribution in [3.8, 4) is 11.5 Å². The largest absolute Gasteiger partial charge is 0.490 e. The molecule has 1 aromatic rings. The number of benzene rings is 1. The number of hydrogen-bond acceptors (Lipinski definition) is 4. The Morgan fingerprint density at radius 3 is 2.71 bits per heavy atom. The molecule has 0 bridgehead atoms. The number of thioether (sulfide) groups is 1. The molecule has 0 radical (unpaired) electrons. The first-order chi connectivity index (χ1) is 10.3. The van der Waals surface area contributed by atoms with E-state index in [-0.39, 0.29) is 0 Å². The SMILES string of the molecule is CCCNC(CSCCC)c1ccc2c(c1)OCCCO2. The van der Waals surface area contributed by atoms with Gasteiger partial charge >= 0.3 is 0 Å². The van der Waals surface area contributed by atoms with Gasteiger partial charge in [0.05, 0.1) is 13.2 Å². The lowest BCUT2D eigenvalue weighted by atomic mass is 10.1. The van der Waals surface area contributed by atoms with Crippen LogP contribution in [0.5, 0.6) is 11.5 Å². The summed E-state index contributed by atoms with van der Waals surface area (Å²) < 4.78 is 11.5. The third-order valence-electron chi connectivity index (χ3n) is 3.45. The highest BCUT2D eigenvalue weighted by molar-refractivity contribution is 7.99. The van der Waals surface area contributed by atoms with Crippen molar-refractivity contribution < 1.29 is 9.47 Å². The minimum Gasteiger partial charge on any atom is -0.490 e. The van der Waals surface area contributed by atoms with Gasteiger partial charge in [-0.2, -0.15) is 11.8 Å². The first kappa shape index (κ1) is 16.5. The van der Waals surface area contributed by atoms with Crippen molar-refractivity contribution in [1.29, 1.82) is 0 Å². The number of hydrogen-bond donors (Lipinski definition) is 1. The lowest BCUT2D eigenvalue weighted by molar-refractivity contribution is 0.297. The molecule has 1 atom stereocenters. The van der Waals surface area contributed by atoms with Gasteiger partial charge in [-0.05, 0) is 42.8 Å². The molecule has 1 aliphatic rings. The Bertz CT molecular complexity index is 425. The number of rotatable bonds is 8. The van der Waals surface area contributed by atoms with Gasteiger partial charge in [0.2, 0.25) is 0 Å². The molecule has 0 aromatic heterocycles. The molecule has 0 spiro atoms. The Labute approximate surface area is 132 Å². The van der Waals surface area contributed by atoms with Gasteiger partial charge in [0, 0.05) is 18.2 Å². The average molecular weight is 309 g/mol. The first-order valence-corrected chi connectivity index (χ1v) is 9.21. The van der Waals surface area contributed by atoms with Gasteiger partial charge in [0.1, 0.15) is 0 Å². The second kappa shape index (κ2) is 9.21. The third kappa shape index (κ3) is 5.11. The molecule has 4 heteroatoms. The van der Waals surface area contributed by atoms with E-state index < -0.39 is 0 Å². The standard InChI is InChI=1S/C17H27NO2S/c1-3-8-18-15(13-21-11-4-2)14-6-7-16-17(12-14)20-10-5-9-19-16/h6-7,12,15,18H,3-5,8-11,13H2,1-2H3. The summed E-state index contributed by atoms with van der Waals surface area (Å²) in [6, 6.07) is 6.77. The molecular weight excluding hydrogens is 282 g/mol. The Kier molecular flexibility index (Phi) is 7.24. The highest BCUT2D eigenvalue weighted by atomic mass is 32.2. The summed E-state index contributed by atoms with van der Waals surface area (Å²) in [7, 11) is 0. The minimum absolute atomic E-state index is 0.388. The second-order valence-electron chi connectivity index (χ2n) is 5.34. The molecule has 2 rings (SSSR count). The van der Waals surface area contributed by atoms with Crippen LogP contribution in [0.1, 0.15) is 44.7 Å². The lowest BCUT2D eigenvalue weighted by Gasteiger charge is -2.20. The van der Waals surface area contributed by atoms with E-state index in [1.165, 1.54) is 17.7 Å². The van der Waals surface area contributed by atoms with E-state index in [1.807, 2.05) is 11.8 Å². The molecule has 0 saturated heterocycles. The summed E-state index contributed by atoms with van der Waals surface area (Å²) in [5.74, 6) is 4.10. The van der Waals surface area contributed by atoms with Crippen LogP contribution in [0.3, 0.4) is 0 Å². The third-order valence-corrected chi connectivity index (χ3v) is 4.71. The molecule has 0 saturated carbocycles. The van der Waals surface area contributed by atoms with Crippen LogP contribution in [-0.4, -0.2) is 31.3 Å². The van der Waals surface area contributed by atoms with E-state index in [1.54, 1.807) is 0 Å². The van der Waals surface area contributed by atoms with Gasteiger partial charge < -0.3 is 14.8 Å². The molecule has 0 amide bonds. The van der Waals surface area contributed by atoms with Gasteiger partial charge in [-0.25, -0.2) is 0 Å². The van der Waals surface area contributed by atoms with Crippen LogP contribution in [0.2, 0.25) is 0 Å². The van der Waals surface area contributed by atoms with E-state index in [0.29, 0.717) is 6.04 Å². The highest BCUT2D eigenvalue weighted by Crippen LogP contribution is 2.33. The fourth-order valence-corrected chi connectivity index (χ4v) is 3.34. The molecule has 0 fully saturated rings. The topological polar surface area (TPSA) is 30.5 Å². The molecule has 1 heterocycles. The van der Waals surface area contributed by atoms with Crippen LogP contribution in [0, 0.1) is 0 Å². The first-order valence-electron chi connectivity index (χ1n) is 8.05. The zero-order valence-corrected chi connectivity index (χ0v) is 14.0. The fourth-order valence-electron chi connectivity index (χ4n) is 2.33. The Hall–Kier alpha value is -0.870. The van der Waals surface area contributed by atoms with E-state index in [0.717, 1.165) is 49.9 Å². The second-order valence-corrected chi connectivity index (χ2v) is 6.49. The minimum atomic E-state index is 0.388. The van der Waals surface area contributed by atoms with E-state index in [4.69, 9.17) is 9.47 Å². The molecule has 21 heavy (non-hydrogen) atoms. The predicted octanol–water partition coefficient (Wildman–Crippen LogP) is 4.03. The quantitative estimate of drug-likeness (QED) is 0.734. The van der Waals surface area contributed by atoms with Gasteiger partial charge in [0.25, 0.3) is 0 Å².